The van der Waals surface area contributed by atoms with Crippen LogP contribution < -0.4 is 4.72 Å². The second-order valence-electron chi connectivity index (χ2n) is 5.74. The van der Waals surface area contributed by atoms with E-state index in [0.29, 0.717) is 21.4 Å². The Morgan fingerprint density at radius 2 is 1.82 bits per heavy atom. The number of benzene rings is 2. The predicted molar refractivity (Wildman–Crippen MR) is 105 cm³/mol. The van der Waals surface area contributed by atoms with Gasteiger partial charge in [-0.25, -0.2) is 17.9 Å². The summed E-state index contributed by atoms with van der Waals surface area (Å²) in [6.45, 7) is 0.000562. The summed E-state index contributed by atoms with van der Waals surface area (Å²) in [5.74, 6) is -0.108. The van der Waals surface area contributed by atoms with E-state index in [1.54, 1.807) is 30.3 Å². The molecule has 3 rings (SSSR count). The maximum atomic E-state index is 12.3. The zero-order valence-electron chi connectivity index (χ0n) is 14.4. The standard InChI is InChI=1S/C19H15Cl2NO5S/c20-15-6-3-14(18(21)10-15)12-27-19(23)13-4-7-17(8-5-13)28(24,25)22-11-16-2-1-9-26-16/h1-10,22H,11-12H2. The third kappa shape index (κ3) is 5.14. The first-order valence-electron chi connectivity index (χ1n) is 8.08. The summed E-state index contributed by atoms with van der Waals surface area (Å²) in [7, 11) is -3.74. The van der Waals surface area contributed by atoms with Crippen molar-refractivity contribution in [2.45, 2.75) is 18.0 Å². The van der Waals surface area contributed by atoms with Crippen LogP contribution in [-0.2, 0) is 27.9 Å². The Morgan fingerprint density at radius 3 is 2.46 bits per heavy atom. The molecule has 3 aromatic rings. The number of ether oxygens (including phenoxy) is 1. The van der Waals surface area contributed by atoms with Gasteiger partial charge in [-0.15, -0.1) is 0 Å². The number of esters is 1. The highest BCUT2D eigenvalue weighted by molar-refractivity contribution is 7.89. The molecule has 1 N–H and O–H groups in total. The highest BCUT2D eigenvalue weighted by Crippen LogP contribution is 2.22. The molecule has 0 saturated carbocycles. The molecule has 0 aliphatic carbocycles. The lowest BCUT2D eigenvalue weighted by atomic mass is 10.2. The third-order valence-electron chi connectivity index (χ3n) is 3.79. The summed E-state index contributed by atoms with van der Waals surface area (Å²) in [6, 6.07) is 13.6. The number of halogens is 2. The molecule has 0 saturated heterocycles. The van der Waals surface area contributed by atoms with Gasteiger partial charge in [0.05, 0.1) is 23.3 Å². The summed E-state index contributed by atoms with van der Waals surface area (Å²) in [4.78, 5) is 12.2. The quantitative estimate of drug-likeness (QED) is 0.550. The van der Waals surface area contributed by atoms with Gasteiger partial charge in [0.2, 0.25) is 10.0 Å². The number of carbonyl (C=O) groups is 1. The van der Waals surface area contributed by atoms with E-state index in [4.69, 9.17) is 32.4 Å². The second kappa shape index (κ2) is 8.79. The molecule has 28 heavy (non-hydrogen) atoms. The van der Waals surface area contributed by atoms with Gasteiger partial charge in [0, 0.05) is 15.6 Å². The van der Waals surface area contributed by atoms with Crippen molar-refractivity contribution in [2.24, 2.45) is 0 Å². The van der Waals surface area contributed by atoms with Crippen molar-refractivity contribution in [1.29, 1.82) is 0 Å². The van der Waals surface area contributed by atoms with E-state index >= 15 is 0 Å². The van der Waals surface area contributed by atoms with Gasteiger partial charge < -0.3 is 9.15 Å². The number of hydrogen-bond donors (Lipinski definition) is 1. The fourth-order valence-electron chi connectivity index (χ4n) is 2.30. The summed E-state index contributed by atoms with van der Waals surface area (Å²) >= 11 is 11.9. The van der Waals surface area contributed by atoms with Crippen LogP contribution in [-0.4, -0.2) is 14.4 Å². The van der Waals surface area contributed by atoms with Crippen LogP contribution in [0.5, 0.6) is 0 Å². The molecule has 0 unspecified atom stereocenters. The van der Waals surface area contributed by atoms with Gasteiger partial charge in [-0.05, 0) is 48.5 Å². The molecule has 9 heteroatoms. The van der Waals surface area contributed by atoms with Gasteiger partial charge in [0.1, 0.15) is 12.4 Å². The second-order valence-corrected chi connectivity index (χ2v) is 8.35. The summed E-state index contributed by atoms with van der Waals surface area (Å²) in [5.41, 5.74) is 0.829. The molecular formula is C19H15Cl2NO5S. The van der Waals surface area contributed by atoms with Crippen molar-refractivity contribution >= 4 is 39.2 Å². The fourth-order valence-corrected chi connectivity index (χ4v) is 3.75. The molecule has 0 fully saturated rings. The minimum absolute atomic E-state index is 0.0244. The van der Waals surface area contributed by atoms with Crippen LogP contribution >= 0.6 is 23.2 Å². The first-order valence-corrected chi connectivity index (χ1v) is 10.3. The predicted octanol–water partition coefficient (Wildman–Crippen LogP) is 4.42. The first-order chi connectivity index (χ1) is 13.3. The van der Waals surface area contributed by atoms with Crippen LogP contribution in [0.3, 0.4) is 0 Å². The van der Waals surface area contributed by atoms with Crippen LogP contribution in [0.1, 0.15) is 21.7 Å². The Kier molecular flexibility index (Phi) is 6.41. The molecule has 6 nitrogen and oxygen atoms in total. The number of hydrogen-bond acceptors (Lipinski definition) is 5. The van der Waals surface area contributed by atoms with E-state index < -0.39 is 16.0 Å². The molecule has 146 valence electrons. The topological polar surface area (TPSA) is 85.6 Å². The third-order valence-corrected chi connectivity index (χ3v) is 5.79. The van der Waals surface area contributed by atoms with Gasteiger partial charge in [-0.1, -0.05) is 29.3 Å². The summed E-state index contributed by atoms with van der Waals surface area (Å²) in [5, 5.41) is 0.877. The largest absolute Gasteiger partial charge is 0.468 e. The van der Waals surface area contributed by atoms with Gasteiger partial charge in [0.15, 0.2) is 0 Å². The van der Waals surface area contributed by atoms with Crippen molar-refractivity contribution in [3.05, 3.63) is 87.8 Å². The minimum atomic E-state index is -3.74. The minimum Gasteiger partial charge on any atom is -0.468 e. The number of furan rings is 1. The molecule has 1 heterocycles. The Labute approximate surface area is 172 Å². The zero-order chi connectivity index (χ0) is 20.1. The van der Waals surface area contributed by atoms with E-state index in [1.807, 2.05) is 0 Å². The number of carbonyl (C=O) groups excluding carboxylic acids is 1. The van der Waals surface area contributed by atoms with E-state index in [0.717, 1.165) is 0 Å². The zero-order valence-corrected chi connectivity index (χ0v) is 16.7. The van der Waals surface area contributed by atoms with Crippen molar-refractivity contribution < 1.29 is 22.4 Å². The fraction of sp³-hybridized carbons (Fsp3) is 0.105. The average molecular weight is 440 g/mol. The lowest BCUT2D eigenvalue weighted by molar-refractivity contribution is 0.0473. The van der Waals surface area contributed by atoms with Crippen LogP contribution in [0.2, 0.25) is 10.0 Å². The molecule has 0 aliphatic heterocycles. The van der Waals surface area contributed by atoms with E-state index in [9.17, 15) is 13.2 Å². The lowest BCUT2D eigenvalue weighted by Crippen LogP contribution is -2.23. The SMILES string of the molecule is O=C(OCc1ccc(Cl)cc1Cl)c1ccc(S(=O)(=O)NCc2ccco2)cc1. The van der Waals surface area contributed by atoms with Gasteiger partial charge in [0.25, 0.3) is 0 Å². The normalized spacial score (nSPS) is 11.4. The molecule has 1 aromatic heterocycles. The van der Waals surface area contributed by atoms with Crippen molar-refractivity contribution in [1.82, 2.24) is 4.72 Å². The Bertz CT molecular complexity index is 1060. The Morgan fingerprint density at radius 1 is 1.07 bits per heavy atom. The smallest absolute Gasteiger partial charge is 0.338 e. The first kappa shape index (κ1) is 20.4. The van der Waals surface area contributed by atoms with Crippen molar-refractivity contribution in [2.75, 3.05) is 0 Å². The van der Waals surface area contributed by atoms with Crippen LogP contribution in [0.15, 0.2) is 70.2 Å². The lowest BCUT2D eigenvalue weighted by Gasteiger charge is -2.08. The van der Waals surface area contributed by atoms with Crippen LogP contribution in [0.4, 0.5) is 0 Å². The molecule has 0 bridgehead atoms. The van der Waals surface area contributed by atoms with Gasteiger partial charge >= 0.3 is 5.97 Å². The molecule has 0 radical (unpaired) electrons. The average Bonchev–Trinajstić information content (AvgIpc) is 3.19. The van der Waals surface area contributed by atoms with E-state index in [1.165, 1.54) is 30.5 Å². The maximum absolute atomic E-state index is 12.3. The highest BCUT2D eigenvalue weighted by Gasteiger charge is 2.16. The van der Waals surface area contributed by atoms with E-state index in [-0.39, 0.29) is 23.6 Å². The molecule has 0 amide bonds. The van der Waals surface area contributed by atoms with Crippen molar-refractivity contribution in [3.8, 4) is 0 Å². The van der Waals surface area contributed by atoms with Gasteiger partial charge in [-0.2, -0.15) is 0 Å². The summed E-state index contributed by atoms with van der Waals surface area (Å²) < 4.78 is 37.3. The Hall–Kier alpha value is -2.32. The molecule has 0 atom stereocenters. The summed E-state index contributed by atoms with van der Waals surface area (Å²) in [6.07, 6.45) is 1.46. The van der Waals surface area contributed by atoms with Gasteiger partial charge in [-0.3, -0.25) is 0 Å². The molecular weight excluding hydrogens is 425 g/mol. The van der Waals surface area contributed by atoms with Crippen LogP contribution in [0.25, 0.3) is 0 Å². The number of rotatable bonds is 7. The molecule has 0 aliphatic rings. The van der Waals surface area contributed by atoms with Crippen molar-refractivity contribution in [3.63, 3.8) is 0 Å². The monoisotopic (exact) mass is 439 g/mol. The van der Waals surface area contributed by atoms with Crippen LogP contribution in [0, 0.1) is 0 Å². The molecule has 0 spiro atoms. The maximum Gasteiger partial charge on any atom is 0.338 e. The molecule has 2 aromatic carbocycles. The Balaban J connectivity index is 1.62. The van der Waals surface area contributed by atoms with E-state index in [2.05, 4.69) is 4.72 Å². The highest BCUT2D eigenvalue weighted by atomic mass is 35.5. The number of nitrogens with one attached hydrogen (secondary N) is 1. The number of sulfonamides is 1.